The van der Waals surface area contributed by atoms with Crippen molar-refractivity contribution in [2.45, 2.75) is 0 Å². The summed E-state index contributed by atoms with van der Waals surface area (Å²) in [4.78, 5) is 12.0. The zero-order chi connectivity index (χ0) is 13.8. The molecule has 0 saturated heterocycles. The summed E-state index contributed by atoms with van der Waals surface area (Å²) < 4.78 is 5.12. The molecular formula is C14H13NO4. The highest BCUT2D eigenvalue weighted by molar-refractivity contribution is 6.05. The number of amides is 1. The molecule has 3 N–H and O–H groups in total. The molecule has 1 amide bonds. The normalized spacial score (nSPS) is 9.95. The van der Waals surface area contributed by atoms with Crippen molar-refractivity contribution in [3.05, 3.63) is 48.0 Å². The number of aromatic hydroxyl groups is 2. The van der Waals surface area contributed by atoms with Crippen LogP contribution in [-0.2, 0) is 0 Å². The second kappa shape index (κ2) is 5.30. The molecule has 0 aliphatic heterocycles. The van der Waals surface area contributed by atoms with Crippen LogP contribution in [0.5, 0.6) is 17.2 Å². The molecule has 0 atom stereocenters. The first-order chi connectivity index (χ1) is 9.11. The van der Waals surface area contributed by atoms with Crippen LogP contribution in [0.15, 0.2) is 42.5 Å². The second-order valence-electron chi connectivity index (χ2n) is 3.86. The van der Waals surface area contributed by atoms with Crippen LogP contribution < -0.4 is 10.1 Å². The minimum absolute atomic E-state index is 0.237. The number of para-hydroxylation sites is 2. The summed E-state index contributed by atoms with van der Waals surface area (Å²) in [6, 6.07) is 10.9. The van der Waals surface area contributed by atoms with Crippen molar-refractivity contribution in [3.63, 3.8) is 0 Å². The third-order valence-electron chi connectivity index (χ3n) is 2.59. The van der Waals surface area contributed by atoms with Crippen LogP contribution in [0.25, 0.3) is 0 Å². The molecular weight excluding hydrogens is 246 g/mol. The van der Waals surface area contributed by atoms with Gasteiger partial charge in [0, 0.05) is 5.56 Å². The van der Waals surface area contributed by atoms with Gasteiger partial charge < -0.3 is 20.3 Å². The lowest BCUT2D eigenvalue weighted by Gasteiger charge is -2.10. The van der Waals surface area contributed by atoms with E-state index in [-0.39, 0.29) is 17.1 Å². The standard InChI is InChI=1S/C14H13NO4/c1-19-13-5-3-2-4-10(13)15-14(18)9-6-7-11(16)12(17)8-9/h2-8,16-17H,1H3,(H,15,18). The van der Waals surface area contributed by atoms with Gasteiger partial charge in [-0.2, -0.15) is 0 Å². The number of nitrogens with one attached hydrogen (secondary N) is 1. The Morgan fingerprint density at radius 2 is 1.84 bits per heavy atom. The van der Waals surface area contributed by atoms with Crippen LogP contribution in [-0.4, -0.2) is 23.2 Å². The summed E-state index contributed by atoms with van der Waals surface area (Å²) in [6.45, 7) is 0. The van der Waals surface area contributed by atoms with E-state index < -0.39 is 5.91 Å². The van der Waals surface area contributed by atoms with Crippen LogP contribution in [0.4, 0.5) is 5.69 Å². The van der Waals surface area contributed by atoms with E-state index in [9.17, 15) is 15.0 Å². The quantitative estimate of drug-likeness (QED) is 0.739. The minimum atomic E-state index is -0.403. The zero-order valence-electron chi connectivity index (χ0n) is 10.3. The van der Waals surface area contributed by atoms with E-state index in [2.05, 4.69) is 5.32 Å². The van der Waals surface area contributed by atoms with Crippen molar-refractivity contribution in [1.29, 1.82) is 0 Å². The summed E-state index contributed by atoms with van der Waals surface area (Å²) in [6.07, 6.45) is 0. The summed E-state index contributed by atoms with van der Waals surface area (Å²) in [7, 11) is 1.51. The van der Waals surface area contributed by atoms with Gasteiger partial charge in [-0.1, -0.05) is 12.1 Å². The molecule has 2 aromatic carbocycles. The number of anilines is 1. The minimum Gasteiger partial charge on any atom is -0.504 e. The first-order valence-electron chi connectivity index (χ1n) is 5.58. The van der Waals surface area contributed by atoms with Gasteiger partial charge in [0.2, 0.25) is 0 Å². The smallest absolute Gasteiger partial charge is 0.255 e. The van der Waals surface area contributed by atoms with Crippen molar-refractivity contribution >= 4 is 11.6 Å². The summed E-state index contributed by atoms with van der Waals surface area (Å²) in [5.41, 5.74) is 0.767. The van der Waals surface area contributed by atoms with Gasteiger partial charge in [-0.25, -0.2) is 0 Å². The number of phenolic OH excluding ortho intramolecular Hbond substituents is 2. The fourth-order valence-corrected chi connectivity index (χ4v) is 1.61. The maximum absolute atomic E-state index is 12.0. The molecule has 0 fully saturated rings. The zero-order valence-corrected chi connectivity index (χ0v) is 10.3. The van der Waals surface area contributed by atoms with E-state index in [1.54, 1.807) is 24.3 Å². The van der Waals surface area contributed by atoms with Gasteiger partial charge in [-0.05, 0) is 30.3 Å². The topological polar surface area (TPSA) is 78.8 Å². The highest BCUT2D eigenvalue weighted by Gasteiger charge is 2.11. The van der Waals surface area contributed by atoms with Crippen LogP contribution in [0.2, 0.25) is 0 Å². The monoisotopic (exact) mass is 259 g/mol. The lowest BCUT2D eigenvalue weighted by molar-refractivity contribution is 0.102. The molecule has 19 heavy (non-hydrogen) atoms. The molecule has 0 radical (unpaired) electrons. The fourth-order valence-electron chi connectivity index (χ4n) is 1.61. The average molecular weight is 259 g/mol. The van der Waals surface area contributed by atoms with Gasteiger partial charge in [0.15, 0.2) is 11.5 Å². The number of methoxy groups -OCH3 is 1. The molecule has 0 heterocycles. The number of ether oxygens (including phenoxy) is 1. The van der Waals surface area contributed by atoms with Crippen molar-refractivity contribution < 1.29 is 19.7 Å². The first-order valence-corrected chi connectivity index (χ1v) is 5.58. The number of carbonyl (C=O) groups excluding carboxylic acids is 1. The van der Waals surface area contributed by atoms with Crippen molar-refractivity contribution in [2.75, 3.05) is 12.4 Å². The number of hydrogen-bond acceptors (Lipinski definition) is 4. The van der Waals surface area contributed by atoms with E-state index in [4.69, 9.17) is 4.74 Å². The van der Waals surface area contributed by atoms with Crippen LogP contribution in [0.3, 0.4) is 0 Å². The van der Waals surface area contributed by atoms with Gasteiger partial charge in [0.1, 0.15) is 5.75 Å². The average Bonchev–Trinajstić information content (AvgIpc) is 2.42. The molecule has 0 spiro atoms. The Labute approximate surface area is 110 Å². The SMILES string of the molecule is COc1ccccc1NC(=O)c1ccc(O)c(O)c1. The molecule has 2 aromatic rings. The number of phenols is 2. The van der Waals surface area contributed by atoms with E-state index in [1.165, 1.54) is 25.3 Å². The third kappa shape index (κ3) is 2.77. The predicted octanol–water partition coefficient (Wildman–Crippen LogP) is 2.36. The number of rotatable bonds is 3. The predicted molar refractivity (Wildman–Crippen MR) is 70.7 cm³/mol. The molecule has 0 saturated carbocycles. The third-order valence-corrected chi connectivity index (χ3v) is 2.59. The molecule has 0 bridgehead atoms. The number of benzene rings is 2. The Morgan fingerprint density at radius 3 is 2.53 bits per heavy atom. The van der Waals surface area contributed by atoms with E-state index in [1.807, 2.05) is 0 Å². The maximum atomic E-state index is 12.0. The molecule has 5 heteroatoms. The van der Waals surface area contributed by atoms with Gasteiger partial charge >= 0.3 is 0 Å². The molecule has 5 nitrogen and oxygen atoms in total. The van der Waals surface area contributed by atoms with Gasteiger partial charge in [-0.15, -0.1) is 0 Å². The first kappa shape index (κ1) is 12.8. The Hall–Kier alpha value is -2.69. The number of hydrogen-bond donors (Lipinski definition) is 3. The molecule has 98 valence electrons. The van der Waals surface area contributed by atoms with E-state index in [0.29, 0.717) is 11.4 Å². The fraction of sp³-hybridized carbons (Fsp3) is 0.0714. The Kier molecular flexibility index (Phi) is 3.56. The highest BCUT2D eigenvalue weighted by atomic mass is 16.5. The van der Waals surface area contributed by atoms with Gasteiger partial charge in [0.05, 0.1) is 12.8 Å². The molecule has 0 aliphatic carbocycles. The Bertz CT molecular complexity index is 610. The summed E-state index contributed by atoms with van der Waals surface area (Å²) >= 11 is 0. The van der Waals surface area contributed by atoms with E-state index >= 15 is 0 Å². The Morgan fingerprint density at radius 1 is 1.11 bits per heavy atom. The van der Waals surface area contributed by atoms with Crippen molar-refractivity contribution in [2.24, 2.45) is 0 Å². The van der Waals surface area contributed by atoms with Crippen LogP contribution in [0.1, 0.15) is 10.4 Å². The van der Waals surface area contributed by atoms with E-state index in [0.717, 1.165) is 0 Å². The maximum Gasteiger partial charge on any atom is 0.255 e. The molecule has 0 unspecified atom stereocenters. The number of carbonyl (C=O) groups is 1. The highest BCUT2D eigenvalue weighted by Crippen LogP contribution is 2.27. The lowest BCUT2D eigenvalue weighted by Crippen LogP contribution is -2.12. The van der Waals surface area contributed by atoms with Crippen LogP contribution >= 0.6 is 0 Å². The lowest BCUT2D eigenvalue weighted by atomic mass is 10.2. The van der Waals surface area contributed by atoms with Gasteiger partial charge in [0.25, 0.3) is 5.91 Å². The Balaban J connectivity index is 2.23. The molecule has 2 rings (SSSR count). The second-order valence-corrected chi connectivity index (χ2v) is 3.86. The summed E-state index contributed by atoms with van der Waals surface area (Å²) in [5.74, 6) is -0.472. The largest absolute Gasteiger partial charge is 0.504 e. The van der Waals surface area contributed by atoms with Gasteiger partial charge in [-0.3, -0.25) is 4.79 Å². The molecule has 0 aliphatic rings. The van der Waals surface area contributed by atoms with Crippen molar-refractivity contribution in [3.8, 4) is 17.2 Å². The van der Waals surface area contributed by atoms with Crippen LogP contribution in [0, 0.1) is 0 Å². The molecule has 0 aromatic heterocycles. The summed E-state index contributed by atoms with van der Waals surface area (Å²) in [5, 5.41) is 21.2. The van der Waals surface area contributed by atoms with Crippen molar-refractivity contribution in [1.82, 2.24) is 0 Å².